The summed E-state index contributed by atoms with van der Waals surface area (Å²) >= 11 is 0. The molecule has 2 aromatic carbocycles. The van der Waals surface area contributed by atoms with Crippen LogP contribution in [0.15, 0.2) is 67.0 Å². The average molecular weight is 356 g/mol. The molecule has 1 heterocycles. The molecular weight excluding hydrogens is 340 g/mol. The molecule has 1 aromatic heterocycles. The molecule has 0 radical (unpaired) electrons. The average Bonchev–Trinajstić information content (AvgIpc) is 2.68. The Morgan fingerprint density at radius 1 is 0.889 bits per heavy atom. The van der Waals surface area contributed by atoms with Crippen LogP contribution >= 0.6 is 0 Å². The van der Waals surface area contributed by atoms with E-state index >= 15 is 0 Å². The summed E-state index contributed by atoms with van der Waals surface area (Å²) in [6.07, 6.45) is 2.80. The van der Waals surface area contributed by atoms with E-state index in [0.717, 1.165) is 5.56 Å². The predicted octanol–water partition coefficient (Wildman–Crippen LogP) is 3.77. The third-order valence-corrected chi connectivity index (χ3v) is 3.81. The Morgan fingerprint density at radius 3 is 2.11 bits per heavy atom. The molecule has 3 rings (SSSR count). The van der Waals surface area contributed by atoms with Crippen molar-refractivity contribution in [3.05, 3.63) is 89.2 Å². The largest absolute Gasteiger partial charge is 0.322 e. The third kappa shape index (κ3) is 4.55. The van der Waals surface area contributed by atoms with Crippen molar-refractivity contribution < 1.29 is 9.59 Å². The minimum Gasteiger partial charge on any atom is -0.322 e. The lowest BCUT2D eigenvalue weighted by atomic mass is 10.1. The fourth-order valence-electron chi connectivity index (χ4n) is 2.45. The fraction of sp³-hybridized carbons (Fsp3) is 0.0476. The Hall–Kier alpha value is -3.98. The van der Waals surface area contributed by atoms with E-state index in [1.807, 2.05) is 31.2 Å². The summed E-state index contributed by atoms with van der Waals surface area (Å²) in [7, 11) is 0. The number of rotatable bonds is 4. The van der Waals surface area contributed by atoms with Gasteiger partial charge in [-0.15, -0.1) is 0 Å². The maximum absolute atomic E-state index is 12.4. The Kier molecular flexibility index (Phi) is 5.24. The van der Waals surface area contributed by atoms with Gasteiger partial charge in [-0.05, 0) is 55.0 Å². The van der Waals surface area contributed by atoms with Crippen molar-refractivity contribution in [2.45, 2.75) is 6.92 Å². The zero-order chi connectivity index (χ0) is 19.2. The predicted molar refractivity (Wildman–Crippen MR) is 102 cm³/mol. The van der Waals surface area contributed by atoms with Crippen molar-refractivity contribution in [3.63, 3.8) is 0 Å². The topological polar surface area (TPSA) is 94.9 Å². The zero-order valence-electron chi connectivity index (χ0n) is 14.6. The summed E-state index contributed by atoms with van der Waals surface area (Å²) in [6.45, 7) is 1.94. The maximum atomic E-state index is 12.4. The van der Waals surface area contributed by atoms with E-state index in [0.29, 0.717) is 16.9 Å². The van der Waals surface area contributed by atoms with Gasteiger partial charge in [0, 0.05) is 23.8 Å². The van der Waals surface area contributed by atoms with Crippen molar-refractivity contribution in [2.75, 3.05) is 10.6 Å². The number of carbonyl (C=O) groups excluding carboxylic acids is 2. The minimum atomic E-state index is -0.391. The number of carbonyl (C=O) groups is 2. The van der Waals surface area contributed by atoms with Gasteiger partial charge in [0.1, 0.15) is 0 Å². The van der Waals surface area contributed by atoms with Crippen molar-refractivity contribution >= 4 is 23.2 Å². The Morgan fingerprint density at radius 2 is 1.52 bits per heavy atom. The van der Waals surface area contributed by atoms with E-state index in [-0.39, 0.29) is 17.0 Å². The Bertz CT molecular complexity index is 1040. The second-order valence-corrected chi connectivity index (χ2v) is 5.93. The number of aromatic nitrogens is 1. The number of nitrogens with one attached hydrogen (secondary N) is 2. The standard InChI is InChI=1S/C21H16N4O2/c1-14-3-2-4-19(9-14)25-21(27)17-10-16(12-23-13-17)20(26)24-18-7-5-15(11-22)6-8-18/h2-10,12-13H,1H3,(H,24,26)(H,25,27). The molecule has 132 valence electrons. The van der Waals surface area contributed by atoms with Crippen molar-refractivity contribution in [3.8, 4) is 6.07 Å². The van der Waals surface area contributed by atoms with Crippen molar-refractivity contribution in [1.82, 2.24) is 4.98 Å². The van der Waals surface area contributed by atoms with E-state index in [9.17, 15) is 9.59 Å². The van der Waals surface area contributed by atoms with E-state index in [4.69, 9.17) is 5.26 Å². The summed E-state index contributed by atoms with van der Waals surface area (Å²) in [5.74, 6) is -0.737. The van der Waals surface area contributed by atoms with Gasteiger partial charge in [-0.1, -0.05) is 12.1 Å². The van der Waals surface area contributed by atoms with Crippen LogP contribution in [0.25, 0.3) is 0 Å². The molecule has 0 saturated carbocycles. The fourth-order valence-corrected chi connectivity index (χ4v) is 2.45. The molecule has 0 spiro atoms. The molecule has 0 atom stereocenters. The second-order valence-electron chi connectivity index (χ2n) is 5.93. The van der Waals surface area contributed by atoms with Crippen LogP contribution in [-0.4, -0.2) is 16.8 Å². The summed E-state index contributed by atoms with van der Waals surface area (Å²) in [4.78, 5) is 28.8. The smallest absolute Gasteiger partial charge is 0.257 e. The van der Waals surface area contributed by atoms with Crippen LogP contribution in [0.5, 0.6) is 0 Å². The minimum absolute atomic E-state index is 0.260. The van der Waals surface area contributed by atoms with Gasteiger partial charge in [0.15, 0.2) is 0 Å². The first kappa shape index (κ1) is 17.8. The molecule has 0 aliphatic heterocycles. The number of benzene rings is 2. The highest BCUT2D eigenvalue weighted by atomic mass is 16.2. The molecule has 2 amide bonds. The van der Waals surface area contributed by atoms with Gasteiger partial charge < -0.3 is 10.6 Å². The molecule has 0 aliphatic rings. The molecule has 27 heavy (non-hydrogen) atoms. The van der Waals surface area contributed by atoms with E-state index in [1.165, 1.54) is 18.5 Å². The SMILES string of the molecule is Cc1cccc(NC(=O)c2cncc(C(=O)Nc3ccc(C#N)cc3)c2)c1. The first-order valence-electron chi connectivity index (χ1n) is 8.20. The van der Waals surface area contributed by atoms with Gasteiger partial charge in [-0.2, -0.15) is 5.26 Å². The number of nitrogens with zero attached hydrogens (tertiary/aromatic N) is 2. The third-order valence-electron chi connectivity index (χ3n) is 3.81. The summed E-state index contributed by atoms with van der Waals surface area (Å²) in [5.41, 5.74) is 3.30. The molecular formula is C21H16N4O2. The highest BCUT2D eigenvalue weighted by Gasteiger charge is 2.12. The summed E-state index contributed by atoms with van der Waals surface area (Å²) < 4.78 is 0. The summed E-state index contributed by atoms with van der Waals surface area (Å²) in [5, 5.41) is 14.3. The van der Waals surface area contributed by atoms with Gasteiger partial charge in [0.05, 0.1) is 22.8 Å². The van der Waals surface area contributed by atoms with E-state index < -0.39 is 5.91 Å². The highest BCUT2D eigenvalue weighted by molar-refractivity contribution is 6.08. The number of nitriles is 1. The molecule has 0 saturated heterocycles. The number of aryl methyl sites for hydroxylation is 1. The van der Waals surface area contributed by atoms with Gasteiger partial charge in [-0.25, -0.2) is 0 Å². The molecule has 6 heteroatoms. The second kappa shape index (κ2) is 7.93. The molecule has 0 aliphatic carbocycles. The highest BCUT2D eigenvalue weighted by Crippen LogP contribution is 2.14. The molecule has 3 aromatic rings. The van der Waals surface area contributed by atoms with Gasteiger partial charge in [-0.3, -0.25) is 14.6 Å². The molecule has 0 unspecified atom stereocenters. The molecule has 0 fully saturated rings. The van der Waals surface area contributed by atoms with Gasteiger partial charge in [0.25, 0.3) is 11.8 Å². The first-order valence-corrected chi connectivity index (χ1v) is 8.20. The number of amides is 2. The lowest BCUT2D eigenvalue weighted by Crippen LogP contribution is -2.16. The van der Waals surface area contributed by atoms with Gasteiger partial charge in [0.2, 0.25) is 0 Å². The quantitative estimate of drug-likeness (QED) is 0.744. The van der Waals surface area contributed by atoms with Crippen LogP contribution in [0.2, 0.25) is 0 Å². The number of anilines is 2. The molecule has 0 bridgehead atoms. The zero-order valence-corrected chi connectivity index (χ0v) is 14.6. The van der Waals surface area contributed by atoms with Crippen LogP contribution in [0.1, 0.15) is 31.8 Å². The van der Waals surface area contributed by atoms with Crippen LogP contribution in [-0.2, 0) is 0 Å². The lowest BCUT2D eigenvalue weighted by Gasteiger charge is -2.08. The van der Waals surface area contributed by atoms with Crippen LogP contribution in [0.4, 0.5) is 11.4 Å². The van der Waals surface area contributed by atoms with E-state index in [2.05, 4.69) is 15.6 Å². The van der Waals surface area contributed by atoms with Crippen LogP contribution in [0.3, 0.4) is 0 Å². The Labute approximate surface area is 156 Å². The monoisotopic (exact) mass is 356 g/mol. The van der Waals surface area contributed by atoms with Crippen molar-refractivity contribution in [1.29, 1.82) is 5.26 Å². The number of hydrogen-bond acceptors (Lipinski definition) is 4. The van der Waals surface area contributed by atoms with Crippen LogP contribution in [0, 0.1) is 18.3 Å². The maximum Gasteiger partial charge on any atom is 0.257 e. The number of pyridine rings is 1. The normalized spacial score (nSPS) is 9.93. The van der Waals surface area contributed by atoms with Crippen LogP contribution < -0.4 is 10.6 Å². The lowest BCUT2D eigenvalue weighted by molar-refractivity contribution is 0.102. The van der Waals surface area contributed by atoms with Gasteiger partial charge >= 0.3 is 0 Å². The number of hydrogen-bond donors (Lipinski definition) is 2. The van der Waals surface area contributed by atoms with Crippen molar-refractivity contribution in [2.24, 2.45) is 0 Å². The summed E-state index contributed by atoms with van der Waals surface area (Å²) in [6, 6.07) is 17.4. The first-order chi connectivity index (χ1) is 13.0. The molecule has 2 N–H and O–H groups in total. The van der Waals surface area contributed by atoms with E-state index in [1.54, 1.807) is 30.3 Å². The Balaban J connectivity index is 1.73. The molecule has 6 nitrogen and oxygen atoms in total.